The number of thioether (sulfide) groups is 1. The van der Waals surface area contributed by atoms with E-state index in [1.165, 1.54) is 7.11 Å². The van der Waals surface area contributed by atoms with Gasteiger partial charge in [0.1, 0.15) is 5.75 Å². The summed E-state index contributed by atoms with van der Waals surface area (Å²) in [5.41, 5.74) is 0.978. The van der Waals surface area contributed by atoms with Gasteiger partial charge in [-0.2, -0.15) is 0 Å². The van der Waals surface area contributed by atoms with Gasteiger partial charge in [0, 0.05) is 15.1 Å². The summed E-state index contributed by atoms with van der Waals surface area (Å²) in [6.45, 7) is -0.273. The molecule has 2 amide bonds. The van der Waals surface area contributed by atoms with Crippen molar-refractivity contribution >= 4 is 68.2 Å². The molecule has 1 aliphatic heterocycles. The van der Waals surface area contributed by atoms with Gasteiger partial charge >= 0.3 is 5.97 Å². The lowest BCUT2D eigenvalue weighted by Gasteiger charge is -2.12. The van der Waals surface area contributed by atoms with Crippen molar-refractivity contribution in [1.29, 1.82) is 0 Å². The van der Waals surface area contributed by atoms with Crippen molar-refractivity contribution < 1.29 is 23.9 Å². The Balaban J connectivity index is 1.90. The molecule has 1 aliphatic rings. The highest BCUT2D eigenvalue weighted by Gasteiger charge is 2.36. The van der Waals surface area contributed by atoms with E-state index in [0.29, 0.717) is 22.0 Å². The number of carbonyl (C=O) groups is 3. The van der Waals surface area contributed by atoms with Gasteiger partial charge in [0.15, 0.2) is 6.61 Å². The van der Waals surface area contributed by atoms with Gasteiger partial charge in [0.05, 0.1) is 17.7 Å². The van der Waals surface area contributed by atoms with Gasteiger partial charge in [0.25, 0.3) is 11.1 Å². The van der Waals surface area contributed by atoms with Crippen molar-refractivity contribution in [3.8, 4) is 5.75 Å². The Morgan fingerprint density at radius 3 is 2.61 bits per heavy atom. The number of benzene rings is 2. The molecule has 2 aromatic rings. The van der Waals surface area contributed by atoms with Gasteiger partial charge in [-0.15, -0.1) is 0 Å². The minimum atomic E-state index is -0.531. The summed E-state index contributed by atoms with van der Waals surface area (Å²) in [7, 11) is 1.26. The monoisotopic (exact) mass is 481 g/mol. The largest absolute Gasteiger partial charge is 0.481 e. The van der Waals surface area contributed by atoms with Crippen LogP contribution < -0.4 is 9.64 Å². The third-order valence-electron chi connectivity index (χ3n) is 3.71. The molecular weight excluding hydrogens is 470 g/mol. The molecule has 6 nitrogen and oxygen atoms in total. The summed E-state index contributed by atoms with van der Waals surface area (Å²) in [4.78, 5) is 37.8. The second kappa shape index (κ2) is 8.81. The Morgan fingerprint density at radius 2 is 1.93 bits per heavy atom. The first kappa shape index (κ1) is 20.4. The van der Waals surface area contributed by atoms with Gasteiger partial charge in [-0.3, -0.25) is 9.59 Å². The van der Waals surface area contributed by atoms with Crippen LogP contribution in [0.3, 0.4) is 0 Å². The zero-order valence-corrected chi connectivity index (χ0v) is 17.6. The lowest BCUT2D eigenvalue weighted by molar-refractivity contribution is -0.142. The molecule has 0 unspecified atom stereocenters. The zero-order valence-electron chi connectivity index (χ0n) is 14.5. The molecule has 0 atom stereocenters. The van der Waals surface area contributed by atoms with Crippen molar-refractivity contribution in [2.75, 3.05) is 18.6 Å². The maximum absolute atomic E-state index is 12.8. The van der Waals surface area contributed by atoms with Crippen LogP contribution in [0.1, 0.15) is 5.56 Å². The van der Waals surface area contributed by atoms with Crippen molar-refractivity contribution in [2.24, 2.45) is 0 Å². The van der Waals surface area contributed by atoms with Gasteiger partial charge in [-0.25, -0.2) is 9.69 Å². The third kappa shape index (κ3) is 4.57. The van der Waals surface area contributed by atoms with Crippen LogP contribution in [0.5, 0.6) is 5.75 Å². The quantitative estimate of drug-likeness (QED) is 0.446. The number of hydrogen-bond donors (Lipinski definition) is 0. The molecule has 28 heavy (non-hydrogen) atoms. The van der Waals surface area contributed by atoms with E-state index < -0.39 is 17.1 Å². The molecule has 9 heteroatoms. The Morgan fingerprint density at radius 1 is 1.21 bits per heavy atom. The lowest BCUT2D eigenvalue weighted by atomic mass is 10.2. The number of hydrogen-bond acceptors (Lipinski definition) is 6. The number of methoxy groups -OCH3 is 1. The molecule has 1 heterocycles. The number of amides is 2. The summed E-state index contributed by atoms with van der Waals surface area (Å²) in [6, 6.07) is 11.5. The summed E-state index contributed by atoms with van der Waals surface area (Å²) < 4.78 is 10.8. The van der Waals surface area contributed by atoms with E-state index in [1.807, 2.05) is 0 Å². The SMILES string of the molecule is COC(=O)COc1ccc(Br)cc1/C=C1/SC(=O)N(c2ccc(Cl)cc2)C1=O. The van der Waals surface area contributed by atoms with Crippen LogP contribution in [0.25, 0.3) is 6.08 Å². The fourth-order valence-electron chi connectivity index (χ4n) is 2.38. The van der Waals surface area contributed by atoms with E-state index in [9.17, 15) is 14.4 Å². The van der Waals surface area contributed by atoms with Crippen molar-refractivity contribution in [3.05, 3.63) is 62.4 Å². The molecule has 144 valence electrons. The average Bonchev–Trinajstić information content (AvgIpc) is 2.95. The van der Waals surface area contributed by atoms with Crippen LogP contribution in [0.4, 0.5) is 10.5 Å². The maximum Gasteiger partial charge on any atom is 0.343 e. The first-order valence-corrected chi connectivity index (χ1v) is 9.90. The predicted molar refractivity (Wildman–Crippen MR) is 112 cm³/mol. The van der Waals surface area contributed by atoms with Crippen molar-refractivity contribution in [3.63, 3.8) is 0 Å². The minimum absolute atomic E-state index is 0.237. The first-order valence-electron chi connectivity index (χ1n) is 7.91. The van der Waals surface area contributed by atoms with Crippen molar-refractivity contribution in [1.82, 2.24) is 0 Å². The lowest BCUT2D eigenvalue weighted by Crippen LogP contribution is -2.27. The zero-order chi connectivity index (χ0) is 20.3. The van der Waals surface area contributed by atoms with Crippen molar-refractivity contribution in [2.45, 2.75) is 0 Å². The number of carbonyl (C=O) groups excluding carboxylic acids is 3. The number of rotatable bonds is 5. The molecule has 1 fully saturated rings. The fourth-order valence-corrected chi connectivity index (χ4v) is 3.72. The predicted octanol–water partition coefficient (Wildman–Crippen LogP) is 4.90. The number of esters is 1. The molecule has 0 aromatic heterocycles. The van der Waals surface area contributed by atoms with Crippen LogP contribution in [-0.2, 0) is 14.3 Å². The van der Waals surface area contributed by atoms with E-state index in [4.69, 9.17) is 16.3 Å². The average molecular weight is 483 g/mol. The number of ether oxygens (including phenoxy) is 2. The van der Waals surface area contributed by atoms with E-state index in [2.05, 4.69) is 20.7 Å². The van der Waals surface area contributed by atoms with E-state index in [-0.39, 0.29) is 11.5 Å². The Hall–Kier alpha value is -2.29. The highest BCUT2D eigenvalue weighted by atomic mass is 79.9. The Kier molecular flexibility index (Phi) is 6.43. The molecule has 3 rings (SSSR count). The first-order chi connectivity index (χ1) is 13.4. The van der Waals surface area contributed by atoms with Gasteiger partial charge in [0.2, 0.25) is 0 Å². The number of nitrogens with zero attached hydrogens (tertiary/aromatic N) is 1. The molecule has 0 N–H and O–H groups in total. The molecule has 0 spiro atoms. The summed E-state index contributed by atoms with van der Waals surface area (Å²) in [5.74, 6) is -0.597. The summed E-state index contributed by atoms with van der Waals surface area (Å²) >= 11 is 10.1. The van der Waals surface area contributed by atoms with Crippen LogP contribution in [0.15, 0.2) is 51.8 Å². The smallest absolute Gasteiger partial charge is 0.343 e. The normalized spacial score (nSPS) is 15.2. The second-order valence-corrected chi connectivity index (χ2v) is 7.89. The van der Waals surface area contributed by atoms with Gasteiger partial charge in [-0.05, 0) is 60.3 Å². The standard InChI is InChI=1S/C19H13BrClNO5S/c1-26-17(23)10-27-15-7-2-12(20)8-11(15)9-16-18(24)22(19(25)28-16)14-5-3-13(21)4-6-14/h2-9H,10H2,1H3/b16-9+. The molecule has 0 saturated carbocycles. The second-order valence-electron chi connectivity index (χ2n) is 5.54. The van der Waals surface area contributed by atoms with Crippen LogP contribution in [0.2, 0.25) is 5.02 Å². The van der Waals surface area contributed by atoms with Crippen LogP contribution in [0, 0.1) is 0 Å². The Bertz CT molecular complexity index is 977. The molecule has 0 radical (unpaired) electrons. The summed E-state index contributed by atoms with van der Waals surface area (Å²) in [6.07, 6.45) is 1.55. The topological polar surface area (TPSA) is 72.9 Å². The number of halogens is 2. The van der Waals surface area contributed by atoms with E-state index >= 15 is 0 Å². The highest BCUT2D eigenvalue weighted by molar-refractivity contribution is 9.10. The highest BCUT2D eigenvalue weighted by Crippen LogP contribution is 2.37. The third-order valence-corrected chi connectivity index (χ3v) is 5.32. The van der Waals surface area contributed by atoms with Gasteiger partial charge < -0.3 is 9.47 Å². The molecule has 1 saturated heterocycles. The number of imide groups is 1. The fraction of sp³-hybridized carbons (Fsp3) is 0.105. The van der Waals surface area contributed by atoms with Crippen LogP contribution >= 0.6 is 39.3 Å². The molecule has 2 aromatic carbocycles. The Labute approximate surface area is 178 Å². The van der Waals surface area contributed by atoms with E-state index in [1.54, 1.807) is 48.5 Å². The van der Waals surface area contributed by atoms with Crippen LogP contribution in [-0.4, -0.2) is 30.8 Å². The molecular formula is C19H13BrClNO5S. The number of anilines is 1. The van der Waals surface area contributed by atoms with Gasteiger partial charge in [-0.1, -0.05) is 27.5 Å². The van der Waals surface area contributed by atoms with E-state index in [0.717, 1.165) is 21.1 Å². The minimum Gasteiger partial charge on any atom is -0.481 e. The summed E-state index contributed by atoms with van der Waals surface area (Å²) in [5, 5.41) is 0.0957. The maximum atomic E-state index is 12.8. The molecule has 0 bridgehead atoms. The molecule has 0 aliphatic carbocycles.